The van der Waals surface area contributed by atoms with Crippen LogP contribution in [-0.2, 0) is 6.54 Å². The molecule has 0 saturated carbocycles. The molecule has 0 atom stereocenters. The molecule has 2 aromatic rings. The molecule has 2 rings (SSSR count). The molecule has 1 heterocycles. The average molecular weight is 277 g/mol. The summed E-state index contributed by atoms with van der Waals surface area (Å²) in [5.74, 6) is 0. The maximum atomic E-state index is 4.29. The number of rotatable bonds is 3. The van der Waals surface area contributed by atoms with Gasteiger partial charge in [0, 0.05) is 16.4 Å². The first-order valence-corrected chi connectivity index (χ1v) is 5.95. The van der Waals surface area contributed by atoms with Gasteiger partial charge in [-0.3, -0.25) is 4.98 Å². The summed E-state index contributed by atoms with van der Waals surface area (Å²) in [5.41, 5.74) is 3.43. The van der Waals surface area contributed by atoms with Crippen molar-refractivity contribution < 1.29 is 0 Å². The van der Waals surface area contributed by atoms with Gasteiger partial charge in [-0.25, -0.2) is 0 Å². The van der Waals surface area contributed by atoms with Crippen molar-refractivity contribution in [1.29, 1.82) is 0 Å². The lowest BCUT2D eigenvalue weighted by molar-refractivity contribution is 1.04. The molecule has 0 aliphatic heterocycles. The SMILES string of the molecule is Cc1ccccc1NCc1cc(Br)ccn1. The second-order valence-electron chi connectivity index (χ2n) is 3.63. The molecule has 3 heteroatoms. The minimum Gasteiger partial charge on any atom is -0.379 e. The van der Waals surface area contributed by atoms with E-state index in [1.165, 1.54) is 5.56 Å². The molecule has 1 aromatic heterocycles. The van der Waals surface area contributed by atoms with E-state index in [1.54, 1.807) is 6.20 Å². The van der Waals surface area contributed by atoms with Gasteiger partial charge in [0.05, 0.1) is 12.2 Å². The maximum absolute atomic E-state index is 4.29. The monoisotopic (exact) mass is 276 g/mol. The van der Waals surface area contributed by atoms with Crippen LogP contribution in [0.5, 0.6) is 0 Å². The summed E-state index contributed by atoms with van der Waals surface area (Å²) in [6.07, 6.45) is 1.80. The number of pyridine rings is 1. The standard InChI is InChI=1S/C13H13BrN2/c1-10-4-2-3-5-13(10)16-9-12-8-11(14)6-7-15-12/h2-8,16H,9H2,1H3. The van der Waals surface area contributed by atoms with E-state index >= 15 is 0 Å². The summed E-state index contributed by atoms with van der Waals surface area (Å²) in [7, 11) is 0. The van der Waals surface area contributed by atoms with Gasteiger partial charge in [0.1, 0.15) is 0 Å². The summed E-state index contributed by atoms with van der Waals surface area (Å²) in [6, 6.07) is 12.2. The van der Waals surface area contributed by atoms with Crippen LogP contribution in [-0.4, -0.2) is 4.98 Å². The topological polar surface area (TPSA) is 24.9 Å². The quantitative estimate of drug-likeness (QED) is 0.923. The van der Waals surface area contributed by atoms with Crippen LogP contribution in [0.1, 0.15) is 11.3 Å². The van der Waals surface area contributed by atoms with Crippen molar-refractivity contribution in [3.05, 3.63) is 58.3 Å². The number of hydrogen-bond acceptors (Lipinski definition) is 2. The Balaban J connectivity index is 2.05. The normalized spacial score (nSPS) is 10.1. The van der Waals surface area contributed by atoms with Crippen LogP contribution < -0.4 is 5.32 Å². The highest BCUT2D eigenvalue weighted by Crippen LogP contribution is 2.15. The van der Waals surface area contributed by atoms with Crippen LogP contribution in [0.4, 0.5) is 5.69 Å². The molecule has 0 fully saturated rings. The van der Waals surface area contributed by atoms with Crippen LogP contribution in [0.25, 0.3) is 0 Å². The Bertz CT molecular complexity index is 483. The first-order valence-electron chi connectivity index (χ1n) is 5.15. The van der Waals surface area contributed by atoms with Crippen LogP contribution in [0.2, 0.25) is 0 Å². The lowest BCUT2D eigenvalue weighted by atomic mass is 10.2. The number of aromatic nitrogens is 1. The van der Waals surface area contributed by atoms with Gasteiger partial charge in [0.2, 0.25) is 0 Å². The number of halogens is 1. The fraction of sp³-hybridized carbons (Fsp3) is 0.154. The fourth-order valence-electron chi connectivity index (χ4n) is 1.50. The number of hydrogen-bond donors (Lipinski definition) is 1. The van der Waals surface area contributed by atoms with E-state index in [0.717, 1.165) is 22.4 Å². The van der Waals surface area contributed by atoms with Gasteiger partial charge < -0.3 is 5.32 Å². The Hall–Kier alpha value is -1.35. The van der Waals surface area contributed by atoms with E-state index in [0.29, 0.717) is 0 Å². The molecular formula is C13H13BrN2. The summed E-state index contributed by atoms with van der Waals surface area (Å²) >= 11 is 3.44. The van der Waals surface area contributed by atoms with Crippen LogP contribution in [0.15, 0.2) is 47.1 Å². The lowest BCUT2D eigenvalue weighted by Gasteiger charge is -2.08. The number of para-hydroxylation sites is 1. The van der Waals surface area contributed by atoms with Crippen molar-refractivity contribution in [3.63, 3.8) is 0 Å². The van der Waals surface area contributed by atoms with E-state index in [4.69, 9.17) is 0 Å². The molecule has 0 bridgehead atoms. The molecule has 0 radical (unpaired) electrons. The Labute approximate surface area is 104 Å². The zero-order valence-corrected chi connectivity index (χ0v) is 10.7. The van der Waals surface area contributed by atoms with Gasteiger partial charge in [-0.2, -0.15) is 0 Å². The molecule has 82 valence electrons. The van der Waals surface area contributed by atoms with Gasteiger partial charge in [0.25, 0.3) is 0 Å². The Morgan fingerprint density at radius 2 is 2.06 bits per heavy atom. The third kappa shape index (κ3) is 2.83. The van der Waals surface area contributed by atoms with Crippen LogP contribution >= 0.6 is 15.9 Å². The van der Waals surface area contributed by atoms with Gasteiger partial charge in [-0.1, -0.05) is 34.1 Å². The highest BCUT2D eigenvalue weighted by atomic mass is 79.9. The van der Waals surface area contributed by atoms with E-state index in [9.17, 15) is 0 Å². The van der Waals surface area contributed by atoms with E-state index in [2.05, 4.69) is 45.3 Å². The minimum absolute atomic E-state index is 0.740. The van der Waals surface area contributed by atoms with Gasteiger partial charge >= 0.3 is 0 Å². The predicted octanol–water partition coefficient (Wildman–Crippen LogP) is 3.76. The van der Waals surface area contributed by atoms with Crippen LogP contribution in [0.3, 0.4) is 0 Å². The zero-order chi connectivity index (χ0) is 11.4. The molecule has 0 aliphatic carbocycles. The molecule has 1 aromatic carbocycles. The highest BCUT2D eigenvalue weighted by Gasteiger charge is 1.98. The number of nitrogens with zero attached hydrogens (tertiary/aromatic N) is 1. The van der Waals surface area contributed by atoms with Crippen molar-refractivity contribution in [1.82, 2.24) is 4.98 Å². The highest BCUT2D eigenvalue weighted by molar-refractivity contribution is 9.10. The van der Waals surface area contributed by atoms with Gasteiger partial charge in [0.15, 0.2) is 0 Å². The zero-order valence-electron chi connectivity index (χ0n) is 9.07. The third-order valence-electron chi connectivity index (χ3n) is 2.38. The summed E-state index contributed by atoms with van der Waals surface area (Å²) in [5, 5.41) is 3.37. The number of aryl methyl sites for hydroxylation is 1. The first kappa shape index (κ1) is 11.1. The van der Waals surface area contributed by atoms with E-state index in [-0.39, 0.29) is 0 Å². The Morgan fingerprint density at radius 1 is 1.25 bits per heavy atom. The van der Waals surface area contributed by atoms with E-state index in [1.807, 2.05) is 24.3 Å². The summed E-state index contributed by atoms with van der Waals surface area (Å²) in [6.45, 7) is 2.83. The molecule has 0 amide bonds. The second-order valence-corrected chi connectivity index (χ2v) is 4.55. The molecule has 0 spiro atoms. The van der Waals surface area contributed by atoms with Crippen molar-refractivity contribution in [3.8, 4) is 0 Å². The number of nitrogens with one attached hydrogen (secondary N) is 1. The molecular weight excluding hydrogens is 264 g/mol. The average Bonchev–Trinajstić information content (AvgIpc) is 2.28. The molecule has 2 nitrogen and oxygen atoms in total. The fourth-order valence-corrected chi connectivity index (χ4v) is 1.88. The summed E-state index contributed by atoms with van der Waals surface area (Å²) in [4.78, 5) is 4.29. The van der Waals surface area contributed by atoms with Crippen molar-refractivity contribution in [2.75, 3.05) is 5.32 Å². The largest absolute Gasteiger partial charge is 0.379 e. The Kier molecular flexibility index (Phi) is 3.57. The molecule has 0 saturated heterocycles. The number of anilines is 1. The third-order valence-corrected chi connectivity index (χ3v) is 2.88. The van der Waals surface area contributed by atoms with Crippen molar-refractivity contribution in [2.24, 2.45) is 0 Å². The second kappa shape index (κ2) is 5.12. The minimum atomic E-state index is 0.740. The van der Waals surface area contributed by atoms with Crippen LogP contribution in [0, 0.1) is 6.92 Å². The first-order chi connectivity index (χ1) is 7.75. The van der Waals surface area contributed by atoms with Crippen molar-refractivity contribution >= 4 is 21.6 Å². The Morgan fingerprint density at radius 3 is 2.81 bits per heavy atom. The lowest BCUT2D eigenvalue weighted by Crippen LogP contribution is -2.02. The maximum Gasteiger partial charge on any atom is 0.0605 e. The van der Waals surface area contributed by atoms with Gasteiger partial charge in [-0.15, -0.1) is 0 Å². The number of benzene rings is 1. The predicted molar refractivity (Wildman–Crippen MR) is 70.4 cm³/mol. The van der Waals surface area contributed by atoms with Gasteiger partial charge in [-0.05, 0) is 30.7 Å². The summed E-state index contributed by atoms with van der Waals surface area (Å²) < 4.78 is 1.06. The van der Waals surface area contributed by atoms with Crippen molar-refractivity contribution in [2.45, 2.75) is 13.5 Å². The molecule has 1 N–H and O–H groups in total. The smallest absolute Gasteiger partial charge is 0.0605 e. The van der Waals surface area contributed by atoms with E-state index < -0.39 is 0 Å². The molecule has 0 aliphatic rings. The molecule has 0 unspecified atom stereocenters. The molecule has 16 heavy (non-hydrogen) atoms.